The zero-order chi connectivity index (χ0) is 66.6. The molecule has 8 aromatic carbocycles. The summed E-state index contributed by atoms with van der Waals surface area (Å²) in [6.45, 7) is 0. The van der Waals surface area contributed by atoms with Gasteiger partial charge in [-0.15, -0.1) is 0 Å². The van der Waals surface area contributed by atoms with Gasteiger partial charge in [0.25, 0.3) is 0 Å². The van der Waals surface area contributed by atoms with Crippen molar-refractivity contribution in [2.45, 2.75) is 55.6 Å². The van der Waals surface area contributed by atoms with Crippen LogP contribution < -0.4 is 48.1 Å². The fourth-order valence-electron chi connectivity index (χ4n) is 10.6. The molecule has 0 amide bonds. The number of benzene rings is 8. The molecular formula is C61H36BF24O3P. The van der Waals surface area contributed by atoms with Crippen LogP contribution in [0.3, 0.4) is 0 Å². The lowest BCUT2D eigenvalue weighted by atomic mass is 9.12. The standard InChI is InChI=1S/C32H12BF24.C29H24O3P/c34-25(35,36)13-1-14(26(37,38)39)6-21(5-13)33(22-7-15(27(40,41)42)2-16(8-22)28(43,44)45,23-9-17(29(46,47)48)3-18(10-23)30(49,50)51)24-11-19(31(52,53)54)4-20(12-24)32(55,56)57;1-31-23-17-18-27-22(19-29(30)32-28(27)20-23)21-33(24-11-5-2-6-12-24,25-13-7-3-8-14-25)26-15-9-4-10-16-26/h1-12H;2-20H,21H2,1H3/q-1;+1. The Morgan fingerprint density at radius 2 is 0.600 bits per heavy atom. The third-order valence-electron chi connectivity index (χ3n) is 14.5. The summed E-state index contributed by atoms with van der Waals surface area (Å²) in [7, 11) is -0.519. The first kappa shape index (κ1) is 67.5. The zero-order valence-corrected chi connectivity index (χ0v) is 45.8. The molecular weight excluding hydrogens is 1280 g/mol. The molecule has 1 heterocycles. The van der Waals surface area contributed by atoms with Gasteiger partial charge in [0.2, 0.25) is 0 Å². The van der Waals surface area contributed by atoms with Crippen LogP contribution in [0.2, 0.25) is 0 Å². The average Bonchev–Trinajstić information content (AvgIpc) is 0.749. The number of rotatable bonds is 10. The number of alkyl halides is 24. The Hall–Kier alpha value is -8.42. The average molecular weight is 1310 g/mol. The highest BCUT2D eigenvalue weighted by molar-refractivity contribution is 7.95. The molecule has 1 aromatic heterocycles. The van der Waals surface area contributed by atoms with Crippen LogP contribution >= 0.6 is 7.26 Å². The van der Waals surface area contributed by atoms with Gasteiger partial charge in [-0.1, -0.05) is 103 Å². The number of ether oxygens (including phenoxy) is 1. The Balaban J connectivity index is 0.000000266. The van der Waals surface area contributed by atoms with Gasteiger partial charge in [-0.2, -0.15) is 127 Å². The van der Waals surface area contributed by atoms with Crippen LogP contribution in [0.4, 0.5) is 105 Å². The minimum Gasteiger partial charge on any atom is -0.497 e. The van der Waals surface area contributed by atoms with Crippen LogP contribution in [-0.2, 0) is 55.6 Å². The van der Waals surface area contributed by atoms with Gasteiger partial charge in [0.05, 0.1) is 57.8 Å². The van der Waals surface area contributed by atoms with E-state index in [2.05, 4.69) is 72.8 Å². The summed E-state index contributed by atoms with van der Waals surface area (Å²) in [4.78, 5) is 12.6. The fraction of sp³-hybridized carbons (Fsp3) is 0.164. The molecule has 0 radical (unpaired) electrons. The maximum atomic E-state index is 14.2. The molecule has 3 nitrogen and oxygen atoms in total. The summed E-state index contributed by atoms with van der Waals surface area (Å²) in [6.07, 6.45) is -54.1. The minimum atomic E-state index is -6.13. The van der Waals surface area contributed by atoms with Crippen molar-refractivity contribution >= 4 is 62.1 Å². The SMILES string of the molecule is COc1ccc2c(C[P+](c3ccccc3)(c3ccccc3)c3ccccc3)cc(=O)oc2c1.FC(F)(F)c1cc([B-](c2cc(C(F)(F)F)cc(C(F)(F)F)c2)(c2cc(C(F)(F)F)cc(C(F)(F)F)c2)c2cc(C(F)(F)F)cc(C(F)(F)F)c2)cc(C(F)(F)F)c1. The van der Waals surface area contributed by atoms with E-state index in [0.29, 0.717) is 17.5 Å². The lowest BCUT2D eigenvalue weighted by molar-refractivity contribution is -0.144. The maximum absolute atomic E-state index is 14.2. The molecule has 0 aliphatic rings. The van der Waals surface area contributed by atoms with Crippen molar-refractivity contribution < 1.29 is 115 Å². The Bertz CT molecular complexity index is 3580. The molecule has 0 atom stereocenters. The van der Waals surface area contributed by atoms with E-state index in [9.17, 15) is 110 Å². The van der Waals surface area contributed by atoms with Gasteiger partial charge >= 0.3 is 55.0 Å². The first-order valence-corrected chi connectivity index (χ1v) is 27.5. The van der Waals surface area contributed by atoms with Crippen LogP contribution in [0.5, 0.6) is 5.75 Å². The van der Waals surface area contributed by atoms with Crippen molar-refractivity contribution in [3.05, 3.63) is 249 Å². The van der Waals surface area contributed by atoms with E-state index in [1.54, 1.807) is 19.2 Å². The molecule has 9 rings (SSSR count). The monoisotopic (exact) mass is 1310 g/mol. The quantitative estimate of drug-likeness (QED) is 0.0593. The first-order chi connectivity index (χ1) is 41.5. The largest absolute Gasteiger partial charge is 0.497 e. The van der Waals surface area contributed by atoms with Crippen LogP contribution in [0.1, 0.15) is 50.1 Å². The predicted octanol–water partition coefficient (Wildman–Crippen LogP) is 16.5. The first-order valence-electron chi connectivity index (χ1n) is 25.5. The second kappa shape index (κ2) is 24.1. The molecule has 0 aliphatic carbocycles. The maximum Gasteiger partial charge on any atom is 0.416 e. The third kappa shape index (κ3) is 14.3. The molecule has 0 spiro atoms. The number of fused-ring (bicyclic) bond motifs is 1. The number of hydrogen-bond donors (Lipinski definition) is 0. The molecule has 0 unspecified atom stereocenters. The highest BCUT2D eigenvalue weighted by Crippen LogP contribution is 2.59. The van der Waals surface area contributed by atoms with Crippen molar-refractivity contribution in [1.82, 2.24) is 0 Å². The molecule has 0 saturated carbocycles. The van der Waals surface area contributed by atoms with Crippen LogP contribution in [0.25, 0.3) is 11.0 Å². The highest BCUT2D eigenvalue weighted by atomic mass is 31.2. The minimum absolute atomic E-state index is 0.349. The summed E-state index contributed by atoms with van der Waals surface area (Å²) < 4.78 is 352. The van der Waals surface area contributed by atoms with E-state index in [1.807, 2.05) is 30.3 Å². The molecule has 29 heteroatoms. The van der Waals surface area contributed by atoms with E-state index in [0.717, 1.165) is 10.9 Å². The lowest BCUT2D eigenvalue weighted by Crippen LogP contribution is -2.75. The lowest BCUT2D eigenvalue weighted by Gasteiger charge is -2.46. The molecule has 9 aromatic rings. The summed E-state index contributed by atoms with van der Waals surface area (Å²) >= 11 is 0. The van der Waals surface area contributed by atoms with Crippen LogP contribution in [0, 0.1) is 0 Å². The second-order valence-electron chi connectivity index (χ2n) is 20.2. The Labute approximate surface area is 492 Å². The number of methoxy groups -OCH3 is 1. The second-order valence-corrected chi connectivity index (χ2v) is 23.6. The van der Waals surface area contributed by atoms with Crippen molar-refractivity contribution in [2.24, 2.45) is 0 Å². The summed E-state index contributed by atoms with van der Waals surface area (Å²) in [6, 6.07) is 30.5. The van der Waals surface area contributed by atoms with Gasteiger partial charge in [0.15, 0.2) is 0 Å². The third-order valence-corrected chi connectivity index (χ3v) is 18.8. The molecule has 0 bridgehead atoms. The van der Waals surface area contributed by atoms with Gasteiger partial charge < -0.3 is 9.15 Å². The summed E-state index contributed by atoms with van der Waals surface area (Å²) in [5.41, 5.74) is -29.0. The van der Waals surface area contributed by atoms with Crippen LogP contribution in [0.15, 0.2) is 197 Å². The molecule has 0 fully saturated rings. The Kier molecular flexibility index (Phi) is 18.1. The van der Waals surface area contributed by atoms with Crippen molar-refractivity contribution in [1.29, 1.82) is 0 Å². The topological polar surface area (TPSA) is 39.4 Å². The van der Waals surface area contributed by atoms with Gasteiger partial charge in [-0.05, 0) is 72.8 Å². The fourth-order valence-corrected chi connectivity index (χ4v) is 14.8. The summed E-state index contributed by atoms with van der Waals surface area (Å²) in [5.74, 6) is 0.665. The normalized spacial score (nSPS) is 13.3. The van der Waals surface area contributed by atoms with E-state index in [4.69, 9.17) is 9.15 Å². The van der Waals surface area contributed by atoms with Gasteiger partial charge in [0.1, 0.15) is 40.7 Å². The Morgan fingerprint density at radius 3 is 0.833 bits per heavy atom. The smallest absolute Gasteiger partial charge is 0.416 e. The number of hydrogen-bond acceptors (Lipinski definition) is 3. The van der Waals surface area contributed by atoms with Gasteiger partial charge in [0, 0.05) is 23.1 Å². The van der Waals surface area contributed by atoms with E-state index in [-0.39, 0.29) is 5.63 Å². The molecule has 0 N–H and O–H groups in total. The van der Waals surface area contributed by atoms with E-state index >= 15 is 0 Å². The van der Waals surface area contributed by atoms with Crippen LogP contribution in [-0.4, -0.2) is 13.3 Å². The van der Waals surface area contributed by atoms with Crippen molar-refractivity contribution in [3.63, 3.8) is 0 Å². The molecule has 474 valence electrons. The van der Waals surface area contributed by atoms with Gasteiger partial charge in [-0.3, -0.25) is 0 Å². The van der Waals surface area contributed by atoms with Crippen molar-refractivity contribution in [3.8, 4) is 5.75 Å². The highest BCUT2D eigenvalue weighted by Gasteiger charge is 2.49. The molecule has 0 aliphatic heterocycles. The van der Waals surface area contributed by atoms with E-state index in [1.165, 1.54) is 15.9 Å². The zero-order valence-electron chi connectivity index (χ0n) is 44.9. The van der Waals surface area contributed by atoms with Gasteiger partial charge in [-0.25, -0.2) is 4.79 Å². The molecule has 90 heavy (non-hydrogen) atoms. The summed E-state index contributed by atoms with van der Waals surface area (Å²) in [5, 5.41) is 4.76. The van der Waals surface area contributed by atoms with E-state index < -0.39 is 202 Å². The van der Waals surface area contributed by atoms with Crippen molar-refractivity contribution in [2.75, 3.05) is 7.11 Å². The number of halogens is 24. The molecule has 0 saturated heterocycles. The Morgan fingerprint density at radius 1 is 0.344 bits per heavy atom. The predicted molar refractivity (Wildman–Crippen MR) is 288 cm³/mol.